The van der Waals surface area contributed by atoms with Crippen molar-refractivity contribution in [3.8, 4) is 6.07 Å². The van der Waals surface area contributed by atoms with E-state index < -0.39 is 11.7 Å². The number of rotatable bonds is 3. The molecular weight excluding hydrogens is 222 g/mol. The Morgan fingerprint density at radius 1 is 1.65 bits per heavy atom. The summed E-state index contributed by atoms with van der Waals surface area (Å²) in [6, 6.07) is 1.87. The van der Waals surface area contributed by atoms with Crippen molar-refractivity contribution in [2.24, 2.45) is 0 Å². The lowest BCUT2D eigenvalue weighted by molar-refractivity contribution is 0.0525. The molecule has 0 aliphatic carbocycles. The molecule has 1 rings (SSSR count). The van der Waals surface area contributed by atoms with Crippen LogP contribution >= 0.6 is 0 Å². The van der Waals surface area contributed by atoms with Crippen molar-refractivity contribution in [3.05, 3.63) is 11.9 Å². The highest BCUT2D eigenvalue weighted by molar-refractivity contribution is 5.67. The second-order valence-electron chi connectivity index (χ2n) is 4.37. The van der Waals surface area contributed by atoms with Crippen molar-refractivity contribution >= 4 is 6.09 Å². The third-order valence-corrected chi connectivity index (χ3v) is 1.63. The third-order valence-electron chi connectivity index (χ3n) is 1.63. The molecule has 0 saturated heterocycles. The van der Waals surface area contributed by atoms with E-state index in [0.717, 1.165) is 0 Å². The van der Waals surface area contributed by atoms with Gasteiger partial charge in [0.15, 0.2) is 5.69 Å². The molecular formula is C10H15N5O2. The summed E-state index contributed by atoms with van der Waals surface area (Å²) in [6.45, 7) is 6.11. The van der Waals surface area contributed by atoms with Gasteiger partial charge in [-0.1, -0.05) is 0 Å². The van der Waals surface area contributed by atoms with Crippen LogP contribution in [0.2, 0.25) is 0 Å². The van der Waals surface area contributed by atoms with Crippen molar-refractivity contribution in [1.29, 1.82) is 5.26 Å². The maximum absolute atomic E-state index is 11.3. The molecule has 7 heteroatoms. The summed E-state index contributed by atoms with van der Waals surface area (Å²) >= 11 is 0. The zero-order valence-electron chi connectivity index (χ0n) is 10.1. The van der Waals surface area contributed by atoms with Gasteiger partial charge in [-0.15, -0.1) is 5.10 Å². The Labute approximate surface area is 99.4 Å². The van der Waals surface area contributed by atoms with Gasteiger partial charge in [0.25, 0.3) is 0 Å². The van der Waals surface area contributed by atoms with Crippen LogP contribution in [-0.4, -0.2) is 33.2 Å². The number of hydrogen-bond acceptors (Lipinski definition) is 5. The first-order valence-corrected chi connectivity index (χ1v) is 5.18. The molecule has 0 atom stereocenters. The van der Waals surface area contributed by atoms with Crippen LogP contribution in [0.1, 0.15) is 26.5 Å². The van der Waals surface area contributed by atoms with Crippen molar-refractivity contribution in [3.63, 3.8) is 0 Å². The Morgan fingerprint density at radius 2 is 2.35 bits per heavy atom. The summed E-state index contributed by atoms with van der Waals surface area (Å²) in [5.41, 5.74) is -0.260. The average Bonchev–Trinajstić information content (AvgIpc) is 2.63. The van der Waals surface area contributed by atoms with Crippen molar-refractivity contribution in [1.82, 2.24) is 20.3 Å². The first-order valence-electron chi connectivity index (χ1n) is 5.18. The number of hydrogen-bond donors (Lipinski definition) is 1. The molecule has 0 aliphatic heterocycles. The van der Waals surface area contributed by atoms with E-state index in [1.54, 1.807) is 20.8 Å². The Balaban J connectivity index is 2.29. The summed E-state index contributed by atoms with van der Waals surface area (Å²) < 4.78 is 5.05. The molecule has 0 radical (unpaired) electrons. The minimum absolute atomic E-state index is 0.252. The molecule has 1 N–H and O–H groups in total. The molecule has 17 heavy (non-hydrogen) atoms. The second-order valence-corrected chi connectivity index (χ2v) is 4.37. The zero-order chi connectivity index (χ0) is 12.9. The van der Waals surface area contributed by atoms with Gasteiger partial charge in [0.2, 0.25) is 0 Å². The van der Waals surface area contributed by atoms with Gasteiger partial charge in [0, 0.05) is 6.54 Å². The molecule has 0 aromatic carbocycles. The van der Waals surface area contributed by atoms with Gasteiger partial charge in [0.05, 0.1) is 12.7 Å². The maximum Gasteiger partial charge on any atom is 0.407 e. The van der Waals surface area contributed by atoms with E-state index in [9.17, 15) is 4.79 Å². The first kappa shape index (κ1) is 13.0. The van der Waals surface area contributed by atoms with Gasteiger partial charge in [-0.3, -0.25) is 0 Å². The largest absolute Gasteiger partial charge is 0.444 e. The Bertz CT molecular complexity index is 427. The van der Waals surface area contributed by atoms with Crippen LogP contribution in [0.25, 0.3) is 0 Å². The van der Waals surface area contributed by atoms with E-state index in [1.165, 1.54) is 11.0 Å². The molecule has 1 aromatic heterocycles. The third kappa shape index (κ3) is 4.97. The molecule has 1 aromatic rings. The standard InChI is InChI=1S/C10H15N5O2/c1-10(2,3)17-9(16)12-4-5-15-13-7-8(6-11)14-15/h7H,4-5H2,1-3H3,(H,12,16). The number of ether oxygens (including phenoxy) is 1. The highest BCUT2D eigenvalue weighted by atomic mass is 16.6. The number of nitriles is 1. The number of carbonyl (C=O) groups excluding carboxylic acids is 1. The second kappa shape index (κ2) is 5.30. The van der Waals surface area contributed by atoms with Crippen LogP contribution in [0.5, 0.6) is 0 Å². The summed E-state index contributed by atoms with van der Waals surface area (Å²) in [6.07, 6.45) is 0.887. The number of amides is 1. The van der Waals surface area contributed by atoms with Gasteiger partial charge < -0.3 is 10.1 Å². The lowest BCUT2D eigenvalue weighted by atomic mass is 10.2. The van der Waals surface area contributed by atoms with Crippen molar-refractivity contribution < 1.29 is 9.53 Å². The zero-order valence-corrected chi connectivity index (χ0v) is 10.1. The molecule has 0 bridgehead atoms. The minimum atomic E-state index is -0.512. The highest BCUT2D eigenvalue weighted by Gasteiger charge is 2.15. The quantitative estimate of drug-likeness (QED) is 0.834. The van der Waals surface area contributed by atoms with E-state index in [-0.39, 0.29) is 5.69 Å². The molecule has 0 aliphatic rings. The topological polar surface area (TPSA) is 92.8 Å². The van der Waals surface area contributed by atoms with E-state index in [4.69, 9.17) is 10.00 Å². The highest BCUT2D eigenvalue weighted by Crippen LogP contribution is 2.06. The summed E-state index contributed by atoms with van der Waals surface area (Å²) in [5, 5.41) is 18.8. The molecule has 0 saturated carbocycles. The van der Waals surface area contributed by atoms with Crippen molar-refractivity contribution in [2.75, 3.05) is 6.54 Å². The van der Waals surface area contributed by atoms with Gasteiger partial charge >= 0.3 is 6.09 Å². The minimum Gasteiger partial charge on any atom is -0.444 e. The van der Waals surface area contributed by atoms with Crippen LogP contribution in [0.4, 0.5) is 4.79 Å². The molecule has 1 amide bonds. The van der Waals surface area contributed by atoms with Gasteiger partial charge in [-0.05, 0) is 20.8 Å². The smallest absolute Gasteiger partial charge is 0.407 e. The summed E-state index contributed by atoms with van der Waals surface area (Å²) in [4.78, 5) is 12.6. The van der Waals surface area contributed by atoms with Gasteiger partial charge in [-0.2, -0.15) is 15.2 Å². The monoisotopic (exact) mass is 237 g/mol. The predicted molar refractivity (Wildman–Crippen MR) is 59.0 cm³/mol. The predicted octanol–water partition coefficient (Wildman–Crippen LogP) is 0.674. The number of alkyl carbamates (subject to hydrolysis) is 1. The van der Waals surface area contributed by atoms with Gasteiger partial charge in [-0.25, -0.2) is 4.79 Å². The van der Waals surface area contributed by atoms with E-state index in [0.29, 0.717) is 13.1 Å². The van der Waals surface area contributed by atoms with Crippen molar-refractivity contribution in [2.45, 2.75) is 32.9 Å². The number of nitrogens with zero attached hydrogens (tertiary/aromatic N) is 4. The van der Waals surface area contributed by atoms with Crippen LogP contribution < -0.4 is 5.32 Å². The number of carbonyl (C=O) groups is 1. The summed E-state index contributed by atoms with van der Waals surface area (Å²) in [5.74, 6) is 0. The Kier molecular flexibility index (Phi) is 4.04. The van der Waals surface area contributed by atoms with Crippen LogP contribution in [0, 0.1) is 11.3 Å². The van der Waals surface area contributed by atoms with Gasteiger partial charge in [0.1, 0.15) is 11.7 Å². The average molecular weight is 237 g/mol. The van der Waals surface area contributed by atoms with E-state index >= 15 is 0 Å². The lowest BCUT2D eigenvalue weighted by Crippen LogP contribution is -2.34. The fraction of sp³-hybridized carbons (Fsp3) is 0.600. The molecule has 1 heterocycles. The fourth-order valence-electron chi connectivity index (χ4n) is 1.03. The van der Waals surface area contributed by atoms with E-state index in [1.807, 2.05) is 6.07 Å². The Morgan fingerprint density at radius 3 is 2.88 bits per heavy atom. The molecule has 0 spiro atoms. The molecule has 7 nitrogen and oxygen atoms in total. The van der Waals surface area contributed by atoms with E-state index in [2.05, 4.69) is 15.5 Å². The number of aromatic nitrogens is 3. The number of nitrogens with one attached hydrogen (secondary N) is 1. The maximum atomic E-state index is 11.3. The summed E-state index contributed by atoms with van der Waals surface area (Å²) in [7, 11) is 0. The normalized spacial score (nSPS) is 10.7. The molecule has 92 valence electrons. The first-order chi connectivity index (χ1) is 7.90. The van der Waals surface area contributed by atoms with Crippen LogP contribution in [-0.2, 0) is 11.3 Å². The lowest BCUT2D eigenvalue weighted by Gasteiger charge is -2.19. The van der Waals surface area contributed by atoms with Crippen LogP contribution in [0.15, 0.2) is 6.20 Å². The fourth-order valence-corrected chi connectivity index (χ4v) is 1.03. The Hall–Kier alpha value is -2.10. The molecule has 0 unspecified atom stereocenters. The van der Waals surface area contributed by atoms with Crippen LogP contribution in [0.3, 0.4) is 0 Å². The molecule has 0 fully saturated rings. The SMILES string of the molecule is CC(C)(C)OC(=O)NCCn1ncc(C#N)n1.